The van der Waals surface area contributed by atoms with E-state index in [-0.39, 0.29) is 36.7 Å². The molecule has 0 saturated heterocycles. The Labute approximate surface area is 273 Å². The maximum atomic E-state index is 14.5. The molecular weight excluding hydrogens is 598 g/mol. The first-order chi connectivity index (χ1) is 22.4. The second kappa shape index (κ2) is 12.4. The van der Waals surface area contributed by atoms with Gasteiger partial charge in [-0.15, -0.1) is 0 Å². The Kier molecular flexibility index (Phi) is 8.42. The number of hydrogen-bond acceptors (Lipinski definition) is 9. The minimum Gasteiger partial charge on any atom is -0.507 e. The zero-order valence-electron chi connectivity index (χ0n) is 26.9. The highest BCUT2D eigenvalue weighted by atomic mass is 16.5. The van der Waals surface area contributed by atoms with Crippen LogP contribution < -0.4 is 15.4 Å². The number of carbonyl (C=O) groups is 3. The molecule has 1 amide bonds. The zero-order chi connectivity index (χ0) is 33.6. The van der Waals surface area contributed by atoms with Gasteiger partial charge in [-0.05, 0) is 61.7 Å². The van der Waals surface area contributed by atoms with Gasteiger partial charge in [-0.3, -0.25) is 19.3 Å². The number of likely N-dealkylation sites (N-methyl/N-ethyl adjacent to an activating group) is 1. The number of ketones is 2. The lowest BCUT2D eigenvalue weighted by Crippen LogP contribution is -2.67. The number of nitrogens with zero attached hydrogens (tertiary/aromatic N) is 2. The average molecular weight is 638 g/mol. The molecule has 3 aliphatic carbocycles. The van der Waals surface area contributed by atoms with Crippen LogP contribution in [-0.2, 0) is 38.8 Å². The van der Waals surface area contributed by atoms with Crippen molar-refractivity contribution in [3.05, 3.63) is 112 Å². The summed E-state index contributed by atoms with van der Waals surface area (Å²) in [7, 11) is 7.26. The van der Waals surface area contributed by atoms with E-state index in [0.29, 0.717) is 17.7 Å². The minimum absolute atomic E-state index is 0.0252. The summed E-state index contributed by atoms with van der Waals surface area (Å²) in [4.78, 5) is 45.2. The van der Waals surface area contributed by atoms with Crippen LogP contribution in [0.1, 0.15) is 28.7 Å². The predicted octanol–water partition coefficient (Wildman–Crippen LogP) is 3.56. The van der Waals surface area contributed by atoms with E-state index in [9.17, 15) is 24.6 Å². The molecule has 47 heavy (non-hydrogen) atoms. The van der Waals surface area contributed by atoms with E-state index in [1.54, 1.807) is 25.1 Å². The van der Waals surface area contributed by atoms with Gasteiger partial charge in [0, 0.05) is 31.3 Å². The zero-order valence-corrected chi connectivity index (χ0v) is 26.9. The molecule has 0 unspecified atom stereocenters. The summed E-state index contributed by atoms with van der Waals surface area (Å²) < 4.78 is 12.4. The number of aliphatic hydroxyl groups excluding tert-OH is 1. The van der Waals surface area contributed by atoms with Gasteiger partial charge < -0.3 is 30.3 Å². The Morgan fingerprint density at radius 3 is 2.04 bits per heavy atom. The molecule has 0 radical (unpaired) electrons. The van der Waals surface area contributed by atoms with Crippen molar-refractivity contribution in [3.8, 4) is 5.75 Å². The topological polar surface area (TPSA) is 143 Å². The Morgan fingerprint density at radius 2 is 1.49 bits per heavy atom. The molecule has 3 aliphatic rings. The third-order valence-corrected chi connectivity index (χ3v) is 9.49. The SMILES string of the molecule is CN(C)c1ccc(OCc2ccccc2)c2c1C[C@H]1C[C@H]3[C@H](N(C)C)C(OCc4ccccc4)=C(C(N)=O)C(=O)[C@@]3(O)C(=O)C1=C2O. The van der Waals surface area contributed by atoms with Gasteiger partial charge in [0.25, 0.3) is 5.91 Å². The van der Waals surface area contributed by atoms with E-state index < -0.39 is 46.5 Å². The second-order valence-corrected chi connectivity index (χ2v) is 12.8. The number of carbonyl (C=O) groups excluding carboxylic acids is 3. The monoisotopic (exact) mass is 637 g/mol. The predicted molar refractivity (Wildman–Crippen MR) is 176 cm³/mol. The van der Waals surface area contributed by atoms with Gasteiger partial charge in [-0.2, -0.15) is 0 Å². The third-order valence-electron chi connectivity index (χ3n) is 9.49. The molecule has 0 aliphatic heterocycles. The smallest absolute Gasteiger partial charge is 0.255 e. The number of benzene rings is 3. The average Bonchev–Trinajstić information content (AvgIpc) is 3.04. The van der Waals surface area contributed by atoms with Gasteiger partial charge in [0.15, 0.2) is 5.60 Å². The van der Waals surface area contributed by atoms with Crippen molar-refractivity contribution in [1.82, 2.24) is 4.90 Å². The number of Topliss-reactive ketones (excluding diaryl/α,β-unsaturated/α-hetero) is 2. The third kappa shape index (κ3) is 5.37. The van der Waals surface area contributed by atoms with E-state index >= 15 is 0 Å². The number of nitrogens with two attached hydrogens (primary N) is 1. The van der Waals surface area contributed by atoms with Gasteiger partial charge >= 0.3 is 0 Å². The fraction of sp³-hybridized carbons (Fsp3) is 0.324. The highest BCUT2D eigenvalue weighted by Gasteiger charge is 2.65. The van der Waals surface area contributed by atoms with E-state index in [0.717, 1.165) is 22.4 Å². The quantitative estimate of drug-likeness (QED) is 0.237. The van der Waals surface area contributed by atoms with Crippen molar-refractivity contribution in [2.24, 2.45) is 17.6 Å². The van der Waals surface area contributed by atoms with Crippen LogP contribution in [0.25, 0.3) is 5.76 Å². The van der Waals surface area contributed by atoms with Crippen molar-refractivity contribution >= 4 is 28.9 Å². The Morgan fingerprint density at radius 1 is 0.894 bits per heavy atom. The van der Waals surface area contributed by atoms with Crippen LogP contribution in [0.4, 0.5) is 5.69 Å². The van der Waals surface area contributed by atoms with Crippen LogP contribution in [0.3, 0.4) is 0 Å². The van der Waals surface area contributed by atoms with Gasteiger partial charge in [0.2, 0.25) is 11.6 Å². The minimum atomic E-state index is -2.65. The molecule has 244 valence electrons. The maximum absolute atomic E-state index is 14.5. The summed E-state index contributed by atoms with van der Waals surface area (Å²) >= 11 is 0. The number of ether oxygens (including phenoxy) is 2. The van der Waals surface area contributed by atoms with E-state index in [1.807, 2.05) is 85.7 Å². The highest BCUT2D eigenvalue weighted by molar-refractivity contribution is 6.33. The van der Waals surface area contributed by atoms with E-state index in [4.69, 9.17) is 15.2 Å². The molecule has 6 rings (SSSR count). The summed E-state index contributed by atoms with van der Waals surface area (Å²) in [6.45, 7) is 0.270. The Balaban J connectivity index is 1.46. The molecule has 4 atom stereocenters. The summed E-state index contributed by atoms with van der Waals surface area (Å²) in [5, 5.41) is 24.1. The number of amides is 1. The summed E-state index contributed by atoms with van der Waals surface area (Å²) in [6, 6.07) is 21.6. The van der Waals surface area contributed by atoms with Gasteiger partial charge in [-0.25, -0.2) is 0 Å². The molecule has 0 bridgehead atoms. The summed E-state index contributed by atoms with van der Waals surface area (Å²) in [5.74, 6) is -4.64. The van der Waals surface area contributed by atoms with Crippen LogP contribution in [0.2, 0.25) is 0 Å². The van der Waals surface area contributed by atoms with Gasteiger partial charge in [-0.1, -0.05) is 60.7 Å². The summed E-state index contributed by atoms with van der Waals surface area (Å²) in [5.41, 5.74) is 6.20. The number of hydrogen-bond donors (Lipinski definition) is 3. The first kappa shape index (κ1) is 32.0. The lowest BCUT2D eigenvalue weighted by molar-refractivity contribution is -0.162. The Hall–Kier alpha value is -4.93. The molecule has 4 N–H and O–H groups in total. The highest BCUT2D eigenvalue weighted by Crippen LogP contribution is 2.53. The number of fused-ring (bicyclic) bond motifs is 3. The first-order valence-corrected chi connectivity index (χ1v) is 15.6. The molecule has 1 fully saturated rings. The molecule has 3 aromatic carbocycles. The molecule has 1 saturated carbocycles. The fourth-order valence-corrected chi connectivity index (χ4v) is 7.36. The fourth-order valence-electron chi connectivity index (χ4n) is 7.36. The maximum Gasteiger partial charge on any atom is 0.255 e. The number of anilines is 1. The van der Waals surface area contributed by atoms with Crippen molar-refractivity contribution in [1.29, 1.82) is 0 Å². The van der Waals surface area contributed by atoms with Crippen LogP contribution in [0.15, 0.2) is 89.7 Å². The molecule has 0 spiro atoms. The molecule has 3 aromatic rings. The number of aliphatic hydroxyl groups is 2. The second-order valence-electron chi connectivity index (χ2n) is 12.8. The molecule has 10 nitrogen and oxygen atoms in total. The van der Waals surface area contributed by atoms with Crippen LogP contribution in [0.5, 0.6) is 5.75 Å². The Bertz CT molecular complexity index is 1800. The van der Waals surface area contributed by atoms with Crippen molar-refractivity contribution in [3.63, 3.8) is 0 Å². The van der Waals surface area contributed by atoms with E-state index in [2.05, 4.69) is 0 Å². The first-order valence-electron chi connectivity index (χ1n) is 15.6. The van der Waals surface area contributed by atoms with Gasteiger partial charge in [0.05, 0.1) is 11.6 Å². The van der Waals surface area contributed by atoms with Crippen LogP contribution in [-0.4, -0.2) is 72.4 Å². The molecule has 0 aromatic heterocycles. The summed E-state index contributed by atoms with van der Waals surface area (Å²) in [6.07, 6.45) is 0.506. The van der Waals surface area contributed by atoms with Crippen molar-refractivity contribution < 1.29 is 34.1 Å². The lowest BCUT2D eigenvalue weighted by atomic mass is 9.57. The number of rotatable bonds is 9. The van der Waals surface area contributed by atoms with Crippen molar-refractivity contribution in [2.75, 3.05) is 33.1 Å². The van der Waals surface area contributed by atoms with E-state index in [1.165, 1.54) is 0 Å². The van der Waals surface area contributed by atoms with Crippen LogP contribution >= 0.6 is 0 Å². The molecule has 0 heterocycles. The standard InChI is InChI=1S/C37H39N3O7/c1-39(2)26-15-16-27(46-19-21-11-7-5-8-12-21)29-24(26)17-23-18-25-31(40(3)4)33(47-20-22-13-9-6-10-14-22)30(36(38)44)35(43)37(25,45)34(42)28(23)32(29)41/h5-16,23,25,31,41,45H,17-20H2,1-4H3,(H2,38,44)/t23-,25-,31-,37-/m0/s1. The molecule has 10 heteroatoms. The lowest BCUT2D eigenvalue weighted by Gasteiger charge is -2.50. The van der Waals surface area contributed by atoms with Crippen LogP contribution in [0, 0.1) is 11.8 Å². The largest absolute Gasteiger partial charge is 0.507 e. The normalized spacial score (nSPS) is 23.7. The van der Waals surface area contributed by atoms with Crippen molar-refractivity contribution in [2.45, 2.75) is 37.7 Å². The van der Waals surface area contributed by atoms with Gasteiger partial charge in [0.1, 0.15) is 36.1 Å². The number of primary amides is 1. The molecular formula is C37H39N3O7.